The lowest BCUT2D eigenvalue weighted by Gasteiger charge is -2.05. The van der Waals surface area contributed by atoms with E-state index in [0.29, 0.717) is 16.5 Å². The van der Waals surface area contributed by atoms with Crippen LogP contribution in [0.4, 0.5) is 0 Å². The molecule has 0 radical (unpaired) electrons. The van der Waals surface area contributed by atoms with Crippen molar-refractivity contribution in [2.45, 2.75) is 13.3 Å². The first-order chi connectivity index (χ1) is 8.11. The summed E-state index contributed by atoms with van der Waals surface area (Å²) in [5.41, 5.74) is 2.51. The number of hydrogen-bond acceptors (Lipinski definition) is 2. The highest BCUT2D eigenvalue weighted by atomic mass is 35.5. The SMILES string of the molecule is Cc1cc(CC=O)nn1-c1ccc(Cl)c(Cl)c1. The first-order valence-corrected chi connectivity index (χ1v) is 5.82. The van der Waals surface area contributed by atoms with Crippen LogP contribution < -0.4 is 0 Å². The number of nitrogens with zero attached hydrogens (tertiary/aromatic N) is 2. The number of aryl methyl sites for hydroxylation is 1. The van der Waals surface area contributed by atoms with Gasteiger partial charge in [-0.25, -0.2) is 4.68 Å². The lowest BCUT2D eigenvalue weighted by atomic mass is 10.3. The van der Waals surface area contributed by atoms with Crippen LogP contribution >= 0.6 is 23.2 Å². The first kappa shape index (κ1) is 12.1. The summed E-state index contributed by atoms with van der Waals surface area (Å²) >= 11 is 11.8. The molecule has 5 heteroatoms. The van der Waals surface area contributed by atoms with Crippen LogP contribution in [0, 0.1) is 6.92 Å². The maximum Gasteiger partial charge on any atom is 0.126 e. The molecule has 2 rings (SSSR count). The third-order valence-corrected chi connectivity index (χ3v) is 3.12. The Hall–Kier alpha value is -1.32. The number of rotatable bonds is 3. The third kappa shape index (κ3) is 2.51. The number of aromatic nitrogens is 2. The summed E-state index contributed by atoms with van der Waals surface area (Å²) in [6.07, 6.45) is 1.15. The predicted octanol–water partition coefficient (Wildman–Crippen LogP) is 3.23. The van der Waals surface area contributed by atoms with Gasteiger partial charge in [-0.05, 0) is 31.2 Å². The standard InChI is InChI=1S/C12H10Cl2N2O/c1-8-6-9(4-5-17)15-16(8)10-2-3-11(13)12(14)7-10/h2-3,5-7H,4H2,1H3. The molecule has 0 amide bonds. The molecular formula is C12H10Cl2N2O. The molecule has 3 nitrogen and oxygen atoms in total. The van der Waals surface area contributed by atoms with Gasteiger partial charge >= 0.3 is 0 Å². The van der Waals surface area contributed by atoms with E-state index in [4.69, 9.17) is 23.2 Å². The van der Waals surface area contributed by atoms with Crippen LogP contribution in [-0.4, -0.2) is 16.1 Å². The molecule has 0 atom stereocenters. The van der Waals surface area contributed by atoms with Gasteiger partial charge in [0.25, 0.3) is 0 Å². The van der Waals surface area contributed by atoms with Crippen molar-refractivity contribution in [3.63, 3.8) is 0 Å². The summed E-state index contributed by atoms with van der Waals surface area (Å²) in [5.74, 6) is 0. The van der Waals surface area contributed by atoms with Crippen molar-refractivity contribution in [2.24, 2.45) is 0 Å². The van der Waals surface area contributed by atoms with Gasteiger partial charge in [-0.1, -0.05) is 23.2 Å². The predicted molar refractivity (Wildman–Crippen MR) is 68.1 cm³/mol. The molecule has 0 aliphatic rings. The Bertz CT molecular complexity index is 564. The van der Waals surface area contributed by atoms with Crippen LogP contribution in [0.1, 0.15) is 11.4 Å². The van der Waals surface area contributed by atoms with Crippen LogP contribution in [0.3, 0.4) is 0 Å². The van der Waals surface area contributed by atoms with Gasteiger partial charge in [0, 0.05) is 12.1 Å². The Kier molecular flexibility index (Phi) is 3.50. The van der Waals surface area contributed by atoms with Gasteiger partial charge in [0.2, 0.25) is 0 Å². The summed E-state index contributed by atoms with van der Waals surface area (Å²) < 4.78 is 1.74. The molecule has 1 heterocycles. The Morgan fingerprint density at radius 2 is 2.06 bits per heavy atom. The van der Waals surface area contributed by atoms with E-state index in [1.165, 1.54) is 0 Å². The van der Waals surface area contributed by atoms with Crippen LogP contribution in [-0.2, 0) is 11.2 Å². The molecule has 2 aromatic rings. The van der Waals surface area contributed by atoms with E-state index in [0.717, 1.165) is 23.4 Å². The van der Waals surface area contributed by atoms with Crippen molar-refractivity contribution in [1.82, 2.24) is 9.78 Å². The topological polar surface area (TPSA) is 34.9 Å². The molecule has 0 aliphatic carbocycles. The first-order valence-electron chi connectivity index (χ1n) is 5.06. The Morgan fingerprint density at radius 3 is 2.71 bits per heavy atom. The van der Waals surface area contributed by atoms with Crippen LogP contribution in [0.25, 0.3) is 5.69 Å². The van der Waals surface area contributed by atoms with Gasteiger partial charge in [-0.15, -0.1) is 0 Å². The van der Waals surface area contributed by atoms with Crippen LogP contribution in [0.2, 0.25) is 10.0 Å². The number of hydrogen-bond donors (Lipinski definition) is 0. The van der Waals surface area contributed by atoms with E-state index >= 15 is 0 Å². The van der Waals surface area contributed by atoms with E-state index in [2.05, 4.69) is 5.10 Å². The largest absolute Gasteiger partial charge is 0.303 e. The van der Waals surface area contributed by atoms with Crippen molar-refractivity contribution in [3.8, 4) is 5.69 Å². The number of aldehydes is 1. The van der Waals surface area contributed by atoms with E-state index in [-0.39, 0.29) is 0 Å². The van der Waals surface area contributed by atoms with Crippen molar-refractivity contribution in [1.29, 1.82) is 0 Å². The van der Waals surface area contributed by atoms with Gasteiger partial charge in [0.15, 0.2) is 0 Å². The smallest absolute Gasteiger partial charge is 0.126 e. The molecule has 0 unspecified atom stereocenters. The molecule has 17 heavy (non-hydrogen) atoms. The highest BCUT2D eigenvalue weighted by molar-refractivity contribution is 6.42. The minimum absolute atomic E-state index is 0.315. The normalized spacial score (nSPS) is 10.5. The monoisotopic (exact) mass is 268 g/mol. The zero-order chi connectivity index (χ0) is 12.4. The number of benzene rings is 1. The summed E-state index contributed by atoms with van der Waals surface area (Å²) in [4.78, 5) is 10.4. The summed E-state index contributed by atoms with van der Waals surface area (Å²) in [5, 5.41) is 5.31. The Labute approximate surface area is 109 Å². The summed E-state index contributed by atoms with van der Waals surface area (Å²) in [6.45, 7) is 1.92. The Morgan fingerprint density at radius 1 is 1.29 bits per heavy atom. The molecule has 0 aliphatic heterocycles. The Balaban J connectivity index is 2.44. The zero-order valence-electron chi connectivity index (χ0n) is 9.15. The average molecular weight is 269 g/mol. The quantitative estimate of drug-likeness (QED) is 0.802. The van der Waals surface area contributed by atoms with Crippen molar-refractivity contribution in [3.05, 3.63) is 45.7 Å². The molecule has 0 bridgehead atoms. The van der Waals surface area contributed by atoms with E-state index in [1.54, 1.807) is 16.8 Å². The van der Waals surface area contributed by atoms with E-state index < -0.39 is 0 Å². The lowest BCUT2D eigenvalue weighted by Crippen LogP contribution is -1.99. The van der Waals surface area contributed by atoms with E-state index in [9.17, 15) is 4.79 Å². The fourth-order valence-electron chi connectivity index (χ4n) is 1.60. The second-order valence-electron chi connectivity index (χ2n) is 3.66. The summed E-state index contributed by atoms with van der Waals surface area (Å²) in [6, 6.07) is 7.17. The molecule has 88 valence electrons. The molecule has 0 saturated carbocycles. The zero-order valence-corrected chi connectivity index (χ0v) is 10.7. The van der Waals surface area contributed by atoms with Crippen LogP contribution in [0.5, 0.6) is 0 Å². The second-order valence-corrected chi connectivity index (χ2v) is 4.47. The number of halogens is 2. The average Bonchev–Trinajstić information content (AvgIpc) is 2.64. The van der Waals surface area contributed by atoms with Gasteiger partial charge in [0.05, 0.1) is 21.4 Å². The van der Waals surface area contributed by atoms with E-state index in [1.807, 2.05) is 19.1 Å². The molecular weight excluding hydrogens is 259 g/mol. The minimum atomic E-state index is 0.315. The molecule has 1 aromatic heterocycles. The van der Waals surface area contributed by atoms with Gasteiger partial charge in [0.1, 0.15) is 6.29 Å². The molecule has 0 N–H and O–H groups in total. The number of carbonyl (C=O) groups excluding carboxylic acids is 1. The third-order valence-electron chi connectivity index (χ3n) is 2.38. The molecule has 1 aromatic carbocycles. The van der Waals surface area contributed by atoms with Crippen LogP contribution in [0.15, 0.2) is 24.3 Å². The number of carbonyl (C=O) groups is 1. The second kappa shape index (κ2) is 4.90. The maximum atomic E-state index is 10.4. The van der Waals surface area contributed by atoms with Gasteiger partial charge in [-0.2, -0.15) is 5.10 Å². The molecule has 0 saturated heterocycles. The highest BCUT2D eigenvalue weighted by Gasteiger charge is 2.07. The fraction of sp³-hybridized carbons (Fsp3) is 0.167. The van der Waals surface area contributed by atoms with Gasteiger partial charge < -0.3 is 4.79 Å². The molecule has 0 spiro atoms. The maximum absolute atomic E-state index is 10.4. The van der Waals surface area contributed by atoms with Crippen molar-refractivity contribution < 1.29 is 4.79 Å². The highest BCUT2D eigenvalue weighted by Crippen LogP contribution is 2.24. The summed E-state index contributed by atoms with van der Waals surface area (Å²) in [7, 11) is 0. The molecule has 0 fully saturated rings. The minimum Gasteiger partial charge on any atom is -0.303 e. The van der Waals surface area contributed by atoms with Crippen molar-refractivity contribution >= 4 is 29.5 Å². The lowest BCUT2D eigenvalue weighted by molar-refractivity contribution is -0.107. The van der Waals surface area contributed by atoms with Crippen molar-refractivity contribution in [2.75, 3.05) is 0 Å². The van der Waals surface area contributed by atoms with Gasteiger partial charge in [-0.3, -0.25) is 0 Å². The fourth-order valence-corrected chi connectivity index (χ4v) is 1.89.